The summed E-state index contributed by atoms with van der Waals surface area (Å²) in [5.74, 6) is 0.253. The van der Waals surface area contributed by atoms with E-state index in [-0.39, 0.29) is 24.3 Å². The Bertz CT molecular complexity index is 954. The van der Waals surface area contributed by atoms with E-state index < -0.39 is 11.2 Å². The van der Waals surface area contributed by atoms with Gasteiger partial charge in [0.15, 0.2) is 11.5 Å². The summed E-state index contributed by atoms with van der Waals surface area (Å²) in [5, 5.41) is 5.37. The van der Waals surface area contributed by atoms with E-state index in [1.54, 1.807) is 0 Å². The summed E-state index contributed by atoms with van der Waals surface area (Å²) in [6, 6.07) is 9.81. The summed E-state index contributed by atoms with van der Waals surface area (Å²) in [6.45, 7) is 1.49. The molecular weight excluding hydrogens is 375 g/mol. The van der Waals surface area contributed by atoms with Gasteiger partial charge < -0.3 is 20.1 Å². The predicted octanol–water partition coefficient (Wildman–Crippen LogP) is 4.35. The molecule has 0 unspecified atom stereocenters. The van der Waals surface area contributed by atoms with Crippen molar-refractivity contribution in [1.82, 2.24) is 0 Å². The van der Waals surface area contributed by atoms with Gasteiger partial charge in [-0.3, -0.25) is 9.59 Å². The number of carbonyl (C=O) groups is 2. The minimum Gasteiger partial charge on any atom is -0.454 e. The van der Waals surface area contributed by atoms with Gasteiger partial charge in [0, 0.05) is 12.6 Å². The van der Waals surface area contributed by atoms with E-state index in [1.165, 1.54) is 25.1 Å². The zero-order valence-electron chi connectivity index (χ0n) is 16.2. The lowest BCUT2D eigenvalue weighted by molar-refractivity contribution is -0.122. The lowest BCUT2D eigenvalue weighted by atomic mass is 9.68. The van der Waals surface area contributed by atoms with Crippen molar-refractivity contribution < 1.29 is 23.5 Å². The van der Waals surface area contributed by atoms with E-state index in [9.17, 15) is 14.0 Å². The van der Waals surface area contributed by atoms with Crippen LogP contribution in [0.2, 0.25) is 0 Å². The van der Waals surface area contributed by atoms with Gasteiger partial charge in [-0.2, -0.15) is 0 Å². The largest absolute Gasteiger partial charge is 0.454 e. The first-order chi connectivity index (χ1) is 14.0. The zero-order chi connectivity index (χ0) is 20.4. The fraction of sp³-hybridized carbons (Fsp3) is 0.364. The molecule has 2 aliphatic rings. The quantitative estimate of drug-likeness (QED) is 0.803. The molecule has 1 heterocycles. The molecule has 7 heteroatoms. The van der Waals surface area contributed by atoms with E-state index >= 15 is 0 Å². The van der Waals surface area contributed by atoms with Crippen molar-refractivity contribution in [1.29, 1.82) is 0 Å². The monoisotopic (exact) mass is 398 g/mol. The number of ether oxygens (including phenoxy) is 2. The van der Waals surface area contributed by atoms with Gasteiger partial charge in [0.1, 0.15) is 5.82 Å². The molecule has 0 radical (unpaired) electrons. The van der Waals surface area contributed by atoms with Crippen molar-refractivity contribution in [2.45, 2.75) is 44.4 Å². The zero-order valence-corrected chi connectivity index (χ0v) is 16.2. The molecule has 152 valence electrons. The Morgan fingerprint density at radius 2 is 1.72 bits per heavy atom. The first-order valence-electron chi connectivity index (χ1n) is 9.77. The van der Waals surface area contributed by atoms with Crippen LogP contribution in [0, 0.1) is 5.82 Å². The molecule has 2 amide bonds. The van der Waals surface area contributed by atoms with Gasteiger partial charge in [0.05, 0.1) is 11.1 Å². The topological polar surface area (TPSA) is 76.7 Å². The van der Waals surface area contributed by atoms with E-state index in [0.29, 0.717) is 17.2 Å². The van der Waals surface area contributed by atoms with Crippen LogP contribution < -0.4 is 20.1 Å². The van der Waals surface area contributed by atoms with Crippen LogP contribution in [-0.4, -0.2) is 18.6 Å². The van der Waals surface area contributed by atoms with Crippen molar-refractivity contribution in [2.75, 3.05) is 17.4 Å². The highest BCUT2D eigenvalue weighted by Gasteiger charge is 2.42. The molecule has 2 N–H and O–H groups in total. The van der Waals surface area contributed by atoms with Crippen LogP contribution in [0.1, 0.15) is 44.6 Å². The van der Waals surface area contributed by atoms with Crippen LogP contribution in [-0.2, 0) is 15.0 Å². The number of hydrogen-bond acceptors (Lipinski definition) is 4. The molecule has 2 aromatic rings. The molecule has 0 bridgehead atoms. The lowest BCUT2D eigenvalue weighted by Crippen LogP contribution is -2.42. The summed E-state index contributed by atoms with van der Waals surface area (Å²) in [7, 11) is 0. The number of carbonyl (C=O) groups excluding carboxylic acids is 2. The van der Waals surface area contributed by atoms with Gasteiger partial charge in [-0.05, 0) is 48.7 Å². The summed E-state index contributed by atoms with van der Waals surface area (Å²) >= 11 is 0. The van der Waals surface area contributed by atoms with Crippen LogP contribution in [0.5, 0.6) is 11.5 Å². The van der Waals surface area contributed by atoms with Crippen LogP contribution in [0.15, 0.2) is 36.4 Å². The number of rotatable bonds is 4. The molecule has 29 heavy (non-hydrogen) atoms. The number of hydrogen-bond donors (Lipinski definition) is 2. The van der Waals surface area contributed by atoms with Gasteiger partial charge in [-0.25, -0.2) is 4.39 Å². The normalized spacial score (nSPS) is 16.9. The van der Waals surface area contributed by atoms with E-state index in [1.807, 2.05) is 18.2 Å². The highest BCUT2D eigenvalue weighted by Crippen LogP contribution is 2.44. The van der Waals surface area contributed by atoms with Gasteiger partial charge in [-0.15, -0.1) is 0 Å². The van der Waals surface area contributed by atoms with Crippen molar-refractivity contribution in [3.63, 3.8) is 0 Å². The van der Waals surface area contributed by atoms with Gasteiger partial charge in [0.2, 0.25) is 18.6 Å². The number of nitrogens with one attached hydrogen (secondary N) is 2. The number of halogens is 1. The molecule has 0 atom stereocenters. The maximum atomic E-state index is 13.9. The molecule has 1 aliphatic carbocycles. The Labute approximate surface area is 168 Å². The fourth-order valence-corrected chi connectivity index (χ4v) is 4.14. The Morgan fingerprint density at radius 1 is 0.966 bits per heavy atom. The molecular formula is C22H23FN2O4. The minimum atomic E-state index is -0.693. The Morgan fingerprint density at radius 3 is 2.48 bits per heavy atom. The summed E-state index contributed by atoms with van der Waals surface area (Å²) < 4.78 is 24.8. The molecule has 0 saturated heterocycles. The Hall–Kier alpha value is -3.09. The Kier molecular flexibility index (Phi) is 5.13. The SMILES string of the molecule is CC(=O)Nc1cc(NC(=O)C2(c3ccc4c(c3)OCO4)CCCCC2)ccc1F. The number of anilines is 2. The molecule has 2 aromatic carbocycles. The third kappa shape index (κ3) is 3.77. The highest BCUT2D eigenvalue weighted by atomic mass is 19.1. The van der Waals surface area contributed by atoms with Gasteiger partial charge in [0.25, 0.3) is 0 Å². The third-order valence-electron chi connectivity index (χ3n) is 5.60. The van der Waals surface area contributed by atoms with Gasteiger partial charge >= 0.3 is 0 Å². The minimum absolute atomic E-state index is 0.0380. The highest BCUT2D eigenvalue weighted by molar-refractivity contribution is 6.00. The van der Waals surface area contributed by atoms with E-state index in [2.05, 4.69) is 10.6 Å². The van der Waals surface area contributed by atoms with Crippen LogP contribution in [0.3, 0.4) is 0 Å². The van der Waals surface area contributed by atoms with Crippen LogP contribution in [0.25, 0.3) is 0 Å². The molecule has 1 aliphatic heterocycles. The van der Waals surface area contributed by atoms with Crippen LogP contribution in [0.4, 0.5) is 15.8 Å². The second-order valence-corrected chi connectivity index (χ2v) is 7.54. The van der Waals surface area contributed by atoms with Crippen molar-refractivity contribution in [3.05, 3.63) is 47.8 Å². The van der Waals surface area contributed by atoms with E-state index in [0.717, 1.165) is 37.7 Å². The van der Waals surface area contributed by atoms with Crippen LogP contribution >= 0.6 is 0 Å². The maximum Gasteiger partial charge on any atom is 0.235 e. The first-order valence-corrected chi connectivity index (χ1v) is 9.77. The molecule has 1 fully saturated rings. The van der Waals surface area contributed by atoms with Gasteiger partial charge in [-0.1, -0.05) is 25.3 Å². The van der Waals surface area contributed by atoms with Crippen molar-refractivity contribution in [3.8, 4) is 11.5 Å². The second-order valence-electron chi connectivity index (χ2n) is 7.54. The molecule has 4 rings (SSSR count). The average Bonchev–Trinajstić information content (AvgIpc) is 3.18. The summed E-state index contributed by atoms with van der Waals surface area (Å²) in [4.78, 5) is 24.7. The molecule has 6 nitrogen and oxygen atoms in total. The number of amides is 2. The van der Waals surface area contributed by atoms with Crippen molar-refractivity contribution >= 4 is 23.2 Å². The maximum absolute atomic E-state index is 13.9. The predicted molar refractivity (Wildman–Crippen MR) is 107 cm³/mol. The molecule has 0 aromatic heterocycles. The third-order valence-corrected chi connectivity index (χ3v) is 5.60. The summed E-state index contributed by atoms with van der Waals surface area (Å²) in [6.07, 6.45) is 4.42. The smallest absolute Gasteiger partial charge is 0.235 e. The lowest BCUT2D eigenvalue weighted by Gasteiger charge is -2.36. The van der Waals surface area contributed by atoms with Crippen molar-refractivity contribution in [2.24, 2.45) is 0 Å². The second kappa shape index (κ2) is 7.73. The number of fused-ring (bicyclic) bond motifs is 1. The Balaban J connectivity index is 1.64. The average molecular weight is 398 g/mol. The molecule has 0 spiro atoms. The summed E-state index contributed by atoms with van der Waals surface area (Å²) in [5.41, 5.74) is 0.673. The van der Waals surface area contributed by atoms with E-state index in [4.69, 9.17) is 9.47 Å². The number of benzene rings is 2. The molecule has 1 saturated carbocycles. The first kappa shape index (κ1) is 19.2. The standard InChI is InChI=1S/C22H23FN2O4/c1-14(26)24-18-12-16(6-7-17(18)23)25-21(27)22(9-3-2-4-10-22)15-5-8-19-20(11-15)29-13-28-19/h5-8,11-12H,2-4,9-10,13H2,1H3,(H,24,26)(H,25,27). The fourth-order valence-electron chi connectivity index (χ4n) is 4.14.